The number of ether oxygens (including phenoxy) is 4. The third kappa shape index (κ3) is 7.34. The molecule has 0 aliphatic carbocycles. The number of amides is 2. The molecule has 1 aliphatic rings. The number of anilines is 2. The Balaban J connectivity index is 2.02. The fraction of sp³-hybridized carbons (Fsp3) is 0.500. The van der Waals surface area contributed by atoms with Gasteiger partial charge in [0.1, 0.15) is 11.9 Å². The lowest BCUT2D eigenvalue weighted by atomic mass is 10.1. The molecule has 0 spiro atoms. The molecule has 1 unspecified atom stereocenters. The fourth-order valence-corrected chi connectivity index (χ4v) is 5.12. The van der Waals surface area contributed by atoms with Crippen LogP contribution in [-0.2, 0) is 35.6 Å². The average molecular weight is 622 g/mol. The van der Waals surface area contributed by atoms with Crippen LogP contribution in [0.1, 0.15) is 27.7 Å². The van der Waals surface area contributed by atoms with Crippen LogP contribution >= 0.6 is 0 Å². The molecule has 0 saturated heterocycles. The number of hydrogen-bond donors (Lipinski definition) is 2. The van der Waals surface area contributed by atoms with Crippen LogP contribution in [0.3, 0.4) is 0 Å². The predicted molar refractivity (Wildman–Crippen MR) is 140 cm³/mol. The van der Waals surface area contributed by atoms with E-state index in [1.165, 1.54) is 36.0 Å². The number of rotatable bonds is 10. The summed E-state index contributed by atoms with van der Waals surface area (Å²) in [4.78, 5) is 35.0. The van der Waals surface area contributed by atoms with Gasteiger partial charge in [0.15, 0.2) is 11.5 Å². The van der Waals surface area contributed by atoms with Gasteiger partial charge in [-0.05, 0) is 39.0 Å². The highest BCUT2D eigenvalue weighted by Gasteiger charge is 2.51. The molecule has 2 aromatic rings. The van der Waals surface area contributed by atoms with E-state index < -0.39 is 51.5 Å². The molecule has 2 amide bonds. The second-order valence-corrected chi connectivity index (χ2v) is 11.3. The molecular weight excluding hydrogens is 591 g/mol. The van der Waals surface area contributed by atoms with Crippen LogP contribution in [0.2, 0.25) is 0 Å². The lowest BCUT2D eigenvalue weighted by molar-refractivity contribution is -0.242. The van der Waals surface area contributed by atoms with Gasteiger partial charge in [-0.25, -0.2) is 18.0 Å². The van der Waals surface area contributed by atoms with Crippen molar-refractivity contribution < 1.29 is 54.9 Å². The number of esters is 1. The number of halogens is 3. The van der Waals surface area contributed by atoms with Gasteiger partial charge in [-0.3, -0.25) is 19.1 Å². The Bertz CT molecular complexity index is 1440. The van der Waals surface area contributed by atoms with Crippen molar-refractivity contribution in [3.63, 3.8) is 0 Å². The van der Waals surface area contributed by atoms with Gasteiger partial charge in [0.25, 0.3) is 15.9 Å². The molecule has 18 heteroatoms. The van der Waals surface area contributed by atoms with E-state index in [1.807, 2.05) is 0 Å². The maximum Gasteiger partial charge on any atom is 0.427 e. The van der Waals surface area contributed by atoms with Crippen molar-refractivity contribution in [1.82, 2.24) is 15.1 Å². The van der Waals surface area contributed by atoms with E-state index in [0.29, 0.717) is 13.8 Å². The molecule has 42 heavy (non-hydrogen) atoms. The quantitative estimate of drug-likeness (QED) is 0.376. The molecule has 0 fully saturated rings. The van der Waals surface area contributed by atoms with Gasteiger partial charge in [-0.1, -0.05) is 0 Å². The second-order valence-electron chi connectivity index (χ2n) is 9.44. The Morgan fingerprint density at radius 2 is 1.90 bits per heavy atom. The minimum Gasteiger partial charge on any atom is -0.484 e. The molecule has 1 atom stereocenters. The zero-order chi connectivity index (χ0) is 31.5. The van der Waals surface area contributed by atoms with Gasteiger partial charge in [-0.2, -0.15) is 13.2 Å². The van der Waals surface area contributed by atoms with Gasteiger partial charge in [-0.15, -0.1) is 5.10 Å². The molecule has 1 aromatic carbocycles. The number of aryl methyl sites for hydroxylation is 1. The first-order valence-electron chi connectivity index (χ1n) is 12.4. The van der Waals surface area contributed by atoms with Crippen molar-refractivity contribution in [2.75, 3.05) is 36.4 Å². The highest BCUT2D eigenvalue weighted by atomic mass is 32.2. The smallest absolute Gasteiger partial charge is 0.427 e. The summed E-state index contributed by atoms with van der Waals surface area (Å²) in [7, 11) is -3.40. The standard InChI is InChI=1S/C24H30F3N5O9S/c1-6-31-12-19(21(30-31)39-13-20(34)38-5)42(36,37)32-11-16(10-28-14(2)33)40-18-8-7-15(9-17(18)32)29-22(35)41-23(3,4)24(25,26)27/h7-9,12,16H,6,10-11,13H2,1-5H3,(H,28,33)(H,29,35). The van der Waals surface area contributed by atoms with E-state index in [0.717, 1.165) is 11.4 Å². The summed E-state index contributed by atoms with van der Waals surface area (Å²) in [5.74, 6) is -1.54. The molecule has 1 aromatic heterocycles. The number of alkyl halides is 3. The van der Waals surface area contributed by atoms with Crippen molar-refractivity contribution in [1.29, 1.82) is 0 Å². The Morgan fingerprint density at radius 3 is 2.50 bits per heavy atom. The Labute approximate surface area is 239 Å². The van der Waals surface area contributed by atoms with Crippen LogP contribution < -0.4 is 24.4 Å². The number of sulfonamides is 1. The summed E-state index contributed by atoms with van der Waals surface area (Å²) in [6, 6.07) is 3.74. The Morgan fingerprint density at radius 1 is 1.21 bits per heavy atom. The van der Waals surface area contributed by atoms with Gasteiger partial charge < -0.3 is 24.3 Å². The van der Waals surface area contributed by atoms with Crippen molar-refractivity contribution in [3.05, 3.63) is 24.4 Å². The number of carbonyl (C=O) groups is 3. The number of fused-ring (bicyclic) bond motifs is 1. The van der Waals surface area contributed by atoms with Crippen LogP contribution in [0.5, 0.6) is 11.6 Å². The van der Waals surface area contributed by atoms with Crippen molar-refractivity contribution in [3.8, 4) is 11.6 Å². The van der Waals surface area contributed by atoms with Crippen molar-refractivity contribution >= 4 is 39.4 Å². The number of nitrogens with one attached hydrogen (secondary N) is 2. The molecule has 14 nitrogen and oxygen atoms in total. The zero-order valence-corrected chi connectivity index (χ0v) is 24.1. The van der Waals surface area contributed by atoms with Gasteiger partial charge in [0, 0.05) is 25.4 Å². The van der Waals surface area contributed by atoms with Gasteiger partial charge in [0.05, 0.1) is 25.9 Å². The largest absolute Gasteiger partial charge is 0.484 e. The summed E-state index contributed by atoms with van der Waals surface area (Å²) >= 11 is 0. The number of nitrogens with zero attached hydrogens (tertiary/aromatic N) is 3. The minimum atomic E-state index is -4.85. The molecule has 2 heterocycles. The fourth-order valence-electron chi connectivity index (χ4n) is 3.54. The normalized spacial score (nSPS) is 15.2. The average Bonchev–Trinajstić information content (AvgIpc) is 3.33. The molecule has 232 valence electrons. The lowest BCUT2D eigenvalue weighted by Gasteiger charge is -2.35. The van der Waals surface area contributed by atoms with Gasteiger partial charge in [0.2, 0.25) is 11.5 Å². The van der Waals surface area contributed by atoms with Crippen LogP contribution in [-0.4, -0.2) is 80.9 Å². The molecular formula is C24H30F3N5O9S. The maximum absolute atomic E-state index is 14.0. The Kier molecular flexibility index (Phi) is 9.49. The number of carbonyl (C=O) groups excluding carboxylic acids is 3. The maximum atomic E-state index is 14.0. The van der Waals surface area contributed by atoms with Crippen LogP contribution in [0.15, 0.2) is 29.3 Å². The minimum absolute atomic E-state index is 0.0228. The molecule has 3 rings (SSSR count). The van der Waals surface area contributed by atoms with Crippen LogP contribution in [0.25, 0.3) is 0 Å². The molecule has 2 N–H and O–H groups in total. The Hall–Kier alpha value is -4.22. The summed E-state index contributed by atoms with van der Waals surface area (Å²) in [5, 5.41) is 8.78. The summed E-state index contributed by atoms with van der Waals surface area (Å²) < 4.78 is 90.0. The summed E-state index contributed by atoms with van der Waals surface area (Å²) in [6.45, 7) is 3.52. The monoisotopic (exact) mass is 621 g/mol. The molecule has 0 radical (unpaired) electrons. The number of benzene rings is 1. The highest BCUT2D eigenvalue weighted by molar-refractivity contribution is 7.93. The second kappa shape index (κ2) is 12.3. The highest BCUT2D eigenvalue weighted by Crippen LogP contribution is 2.40. The topological polar surface area (TPSA) is 167 Å². The van der Waals surface area contributed by atoms with Crippen LogP contribution in [0.4, 0.5) is 29.3 Å². The summed E-state index contributed by atoms with van der Waals surface area (Å²) in [5.41, 5.74) is -3.00. The number of aromatic nitrogens is 2. The van der Waals surface area contributed by atoms with E-state index in [-0.39, 0.29) is 48.5 Å². The molecule has 1 aliphatic heterocycles. The zero-order valence-electron chi connectivity index (χ0n) is 23.3. The lowest BCUT2D eigenvalue weighted by Crippen LogP contribution is -2.48. The van der Waals surface area contributed by atoms with Gasteiger partial charge >= 0.3 is 18.2 Å². The first-order chi connectivity index (χ1) is 19.5. The summed E-state index contributed by atoms with van der Waals surface area (Å²) in [6.07, 6.45) is -5.96. The molecule has 0 bridgehead atoms. The van der Waals surface area contributed by atoms with E-state index in [2.05, 4.69) is 25.2 Å². The van der Waals surface area contributed by atoms with E-state index in [4.69, 9.17) is 9.47 Å². The van der Waals surface area contributed by atoms with Crippen molar-refractivity contribution in [2.45, 2.75) is 57.0 Å². The third-order valence-electron chi connectivity index (χ3n) is 5.89. The number of hydrogen-bond acceptors (Lipinski definition) is 10. The van der Waals surface area contributed by atoms with E-state index >= 15 is 0 Å². The predicted octanol–water partition coefficient (Wildman–Crippen LogP) is 2.44. The third-order valence-corrected chi connectivity index (χ3v) is 7.65. The van der Waals surface area contributed by atoms with Crippen LogP contribution in [0, 0.1) is 0 Å². The SMILES string of the molecule is CCn1cc(S(=O)(=O)N2CC(CNC(C)=O)Oc3ccc(NC(=O)OC(C)(C)C(F)(F)F)cc32)c(OCC(=O)OC)n1. The van der Waals surface area contributed by atoms with Crippen molar-refractivity contribution in [2.24, 2.45) is 0 Å². The van der Waals surface area contributed by atoms with E-state index in [1.54, 1.807) is 6.92 Å². The van der Waals surface area contributed by atoms with E-state index in [9.17, 15) is 36.0 Å². The first-order valence-corrected chi connectivity index (χ1v) is 13.8. The molecule has 0 saturated carbocycles. The first kappa shape index (κ1) is 32.3. The number of methoxy groups -OCH3 is 1.